The Balaban J connectivity index is 2.44. The monoisotopic (exact) mass is 249 g/mol. The highest BCUT2D eigenvalue weighted by Gasteiger charge is 2.34. The number of ketones is 1. The first-order valence-electron chi connectivity index (χ1n) is 5.67. The van der Waals surface area contributed by atoms with Crippen molar-refractivity contribution in [3.8, 4) is 6.07 Å². The topological polar surface area (TPSA) is 70.1 Å². The first-order chi connectivity index (χ1) is 8.10. The van der Waals surface area contributed by atoms with Crippen LogP contribution in [0.3, 0.4) is 0 Å². The van der Waals surface area contributed by atoms with E-state index in [0.29, 0.717) is 16.1 Å². The molecule has 0 amide bonds. The van der Waals surface area contributed by atoms with E-state index in [1.54, 1.807) is 0 Å². The summed E-state index contributed by atoms with van der Waals surface area (Å²) in [4.78, 5) is 14.5. The van der Waals surface area contributed by atoms with Crippen LogP contribution in [0.15, 0.2) is 0 Å². The predicted octanol–water partition coefficient (Wildman–Crippen LogP) is 2.25. The zero-order chi connectivity index (χ0) is 12.6. The molecule has 1 fully saturated rings. The molecule has 0 bridgehead atoms. The zero-order valence-corrected chi connectivity index (χ0v) is 10.8. The van der Waals surface area contributed by atoms with Crippen molar-refractivity contribution in [2.45, 2.75) is 19.8 Å². The van der Waals surface area contributed by atoms with Gasteiger partial charge < -0.3 is 10.6 Å². The molecule has 0 saturated heterocycles. The van der Waals surface area contributed by atoms with Crippen molar-refractivity contribution in [2.75, 3.05) is 24.2 Å². The summed E-state index contributed by atoms with van der Waals surface area (Å²) in [5.74, 6) is 0.252. The number of Topliss-reactive ketones (excluding diaryl/α,β-unsaturated/α-hetero) is 1. The summed E-state index contributed by atoms with van der Waals surface area (Å²) >= 11 is 1.35. The van der Waals surface area contributed by atoms with E-state index in [-0.39, 0.29) is 11.7 Å². The van der Waals surface area contributed by atoms with Crippen LogP contribution < -0.4 is 10.6 Å². The van der Waals surface area contributed by atoms with Gasteiger partial charge in [-0.3, -0.25) is 4.79 Å². The zero-order valence-electron chi connectivity index (χ0n) is 9.99. The molecule has 90 valence electrons. The molecule has 0 spiro atoms. The van der Waals surface area contributed by atoms with Crippen LogP contribution in [0.5, 0.6) is 0 Å². The predicted molar refractivity (Wildman–Crippen MR) is 69.4 cm³/mol. The first kappa shape index (κ1) is 11.9. The fourth-order valence-corrected chi connectivity index (χ4v) is 2.88. The van der Waals surface area contributed by atoms with Crippen molar-refractivity contribution in [3.63, 3.8) is 0 Å². The summed E-state index contributed by atoms with van der Waals surface area (Å²) in [6.45, 7) is 2.78. The molecule has 4 nitrogen and oxygen atoms in total. The van der Waals surface area contributed by atoms with Gasteiger partial charge in [0.05, 0.1) is 10.6 Å². The van der Waals surface area contributed by atoms with Crippen molar-refractivity contribution < 1.29 is 4.79 Å². The van der Waals surface area contributed by atoms with Gasteiger partial charge in [-0.15, -0.1) is 11.3 Å². The van der Waals surface area contributed by atoms with Gasteiger partial charge in [-0.25, -0.2) is 0 Å². The maximum atomic E-state index is 12.0. The number of hydrogen-bond donors (Lipinski definition) is 1. The van der Waals surface area contributed by atoms with E-state index in [9.17, 15) is 4.79 Å². The molecule has 1 aliphatic carbocycles. The Morgan fingerprint density at radius 3 is 2.76 bits per heavy atom. The van der Waals surface area contributed by atoms with Crippen molar-refractivity contribution in [1.82, 2.24) is 0 Å². The smallest absolute Gasteiger partial charge is 0.178 e. The average Bonchev–Trinajstić information content (AvgIpc) is 3.11. The second-order valence-electron chi connectivity index (χ2n) is 4.29. The maximum absolute atomic E-state index is 12.0. The van der Waals surface area contributed by atoms with E-state index in [2.05, 4.69) is 6.07 Å². The highest BCUT2D eigenvalue weighted by molar-refractivity contribution is 7.19. The lowest BCUT2D eigenvalue weighted by atomic mass is 10.1. The second-order valence-corrected chi connectivity index (χ2v) is 5.29. The summed E-state index contributed by atoms with van der Waals surface area (Å²) in [5, 5.41) is 9.93. The first-order valence-corrected chi connectivity index (χ1v) is 6.49. The molecular weight excluding hydrogens is 234 g/mol. The SMILES string of the molecule is CCN(C)c1sc(C(=O)C2CC2)c(N)c1C#N. The molecule has 0 unspecified atom stereocenters. The molecular formula is C12H15N3OS. The molecule has 2 rings (SSSR count). The van der Waals surface area contributed by atoms with E-state index in [1.165, 1.54) is 11.3 Å². The van der Waals surface area contributed by atoms with Crippen LogP contribution in [0.1, 0.15) is 35.0 Å². The van der Waals surface area contributed by atoms with Crippen LogP contribution in [-0.2, 0) is 0 Å². The molecule has 17 heavy (non-hydrogen) atoms. The third kappa shape index (κ3) is 2.01. The fourth-order valence-electron chi connectivity index (χ4n) is 1.67. The highest BCUT2D eigenvalue weighted by Crippen LogP contribution is 2.42. The third-order valence-corrected chi connectivity index (χ3v) is 4.37. The van der Waals surface area contributed by atoms with Gasteiger partial charge in [0.1, 0.15) is 16.6 Å². The van der Waals surface area contributed by atoms with Crippen LogP contribution in [0, 0.1) is 17.2 Å². The van der Waals surface area contributed by atoms with E-state index < -0.39 is 0 Å². The lowest BCUT2D eigenvalue weighted by Crippen LogP contribution is -2.15. The molecule has 1 aromatic rings. The molecule has 0 aromatic carbocycles. The number of anilines is 2. The lowest BCUT2D eigenvalue weighted by molar-refractivity contribution is 0.0972. The van der Waals surface area contributed by atoms with E-state index >= 15 is 0 Å². The molecule has 0 radical (unpaired) electrons. The number of carbonyl (C=O) groups excluding carboxylic acids is 1. The van der Waals surface area contributed by atoms with Gasteiger partial charge in [0.15, 0.2) is 5.78 Å². The van der Waals surface area contributed by atoms with Crippen molar-refractivity contribution in [1.29, 1.82) is 5.26 Å². The number of nitriles is 1. The van der Waals surface area contributed by atoms with Gasteiger partial charge in [0.25, 0.3) is 0 Å². The lowest BCUT2D eigenvalue weighted by Gasteiger charge is -2.14. The normalized spacial score (nSPS) is 14.4. The molecule has 2 N–H and O–H groups in total. The van der Waals surface area contributed by atoms with Gasteiger partial charge in [-0.05, 0) is 19.8 Å². The Morgan fingerprint density at radius 2 is 2.29 bits per heavy atom. The van der Waals surface area contributed by atoms with Crippen LogP contribution >= 0.6 is 11.3 Å². The van der Waals surface area contributed by atoms with Gasteiger partial charge >= 0.3 is 0 Å². The van der Waals surface area contributed by atoms with Crippen LogP contribution in [0.25, 0.3) is 0 Å². The van der Waals surface area contributed by atoms with Crippen molar-refractivity contribution in [2.24, 2.45) is 5.92 Å². The standard InChI is InChI=1S/C12H15N3OS/c1-3-15(2)12-8(6-13)9(14)11(17-12)10(16)7-4-5-7/h7H,3-5,14H2,1-2H3. The summed E-state index contributed by atoms with van der Waals surface area (Å²) in [5.41, 5.74) is 6.73. The quantitative estimate of drug-likeness (QED) is 0.831. The van der Waals surface area contributed by atoms with Crippen LogP contribution in [0.4, 0.5) is 10.7 Å². The number of hydrogen-bond acceptors (Lipinski definition) is 5. The molecule has 5 heteroatoms. The molecule has 1 heterocycles. The Bertz CT molecular complexity index is 497. The number of carbonyl (C=O) groups is 1. The Morgan fingerprint density at radius 1 is 1.65 bits per heavy atom. The van der Waals surface area contributed by atoms with E-state index in [0.717, 1.165) is 24.4 Å². The molecule has 0 aliphatic heterocycles. The number of nitrogens with two attached hydrogens (primary N) is 1. The van der Waals surface area contributed by atoms with Gasteiger partial charge in [0, 0.05) is 19.5 Å². The molecule has 1 aromatic heterocycles. The fraction of sp³-hybridized carbons (Fsp3) is 0.500. The number of rotatable bonds is 4. The van der Waals surface area contributed by atoms with Gasteiger partial charge in [-0.2, -0.15) is 5.26 Å². The Labute approximate surface area is 105 Å². The number of nitrogen functional groups attached to an aromatic ring is 1. The molecule has 0 atom stereocenters. The van der Waals surface area contributed by atoms with Crippen molar-refractivity contribution in [3.05, 3.63) is 10.4 Å². The number of thiophene rings is 1. The van der Waals surface area contributed by atoms with Crippen molar-refractivity contribution >= 4 is 27.8 Å². The highest BCUT2D eigenvalue weighted by atomic mass is 32.1. The maximum Gasteiger partial charge on any atom is 0.178 e. The Kier molecular flexibility index (Phi) is 3.07. The third-order valence-electron chi connectivity index (χ3n) is 3.03. The van der Waals surface area contributed by atoms with Crippen LogP contribution in [-0.4, -0.2) is 19.4 Å². The van der Waals surface area contributed by atoms with Gasteiger partial charge in [-0.1, -0.05) is 0 Å². The van der Waals surface area contributed by atoms with E-state index in [1.807, 2.05) is 18.9 Å². The number of nitrogens with zero attached hydrogens (tertiary/aromatic N) is 2. The minimum Gasteiger partial charge on any atom is -0.396 e. The Hall–Kier alpha value is -1.54. The molecule has 1 saturated carbocycles. The van der Waals surface area contributed by atoms with Crippen LogP contribution in [0.2, 0.25) is 0 Å². The largest absolute Gasteiger partial charge is 0.396 e. The second kappa shape index (κ2) is 4.38. The summed E-state index contributed by atoms with van der Waals surface area (Å²) in [7, 11) is 1.90. The molecule has 1 aliphatic rings. The van der Waals surface area contributed by atoms with E-state index in [4.69, 9.17) is 11.0 Å². The minimum absolute atomic E-state index is 0.111. The average molecular weight is 249 g/mol. The summed E-state index contributed by atoms with van der Waals surface area (Å²) < 4.78 is 0. The van der Waals surface area contributed by atoms with Gasteiger partial charge in [0.2, 0.25) is 0 Å². The minimum atomic E-state index is 0.111. The summed E-state index contributed by atoms with van der Waals surface area (Å²) in [6.07, 6.45) is 1.91. The summed E-state index contributed by atoms with van der Waals surface area (Å²) in [6, 6.07) is 2.11.